The minimum Gasteiger partial charge on any atom is -0.463 e. The fraction of sp³-hybridized carbons (Fsp3) is 0.450. The van der Waals surface area contributed by atoms with Crippen LogP contribution < -0.4 is 10.6 Å². The Morgan fingerprint density at radius 3 is 2.40 bits per heavy atom. The van der Waals surface area contributed by atoms with Gasteiger partial charge in [0.2, 0.25) is 5.91 Å². The zero-order valence-corrected chi connectivity index (χ0v) is 17.0. The van der Waals surface area contributed by atoms with Crippen LogP contribution in [0.2, 0.25) is 0 Å². The molecule has 2 rings (SSSR count). The number of benzene rings is 1. The minimum atomic E-state index is -5.19. The number of hydrogen-bond donors (Lipinski definition) is 2. The highest BCUT2D eigenvalue weighted by atomic mass is 19.4. The lowest BCUT2D eigenvalue weighted by Crippen LogP contribution is -2.69. The predicted molar refractivity (Wildman–Crippen MR) is 105 cm³/mol. The maximum atomic E-state index is 14.3. The second-order valence-electron chi connectivity index (χ2n) is 6.66. The molecule has 30 heavy (non-hydrogen) atoms. The van der Waals surface area contributed by atoms with Gasteiger partial charge in [-0.3, -0.25) is 4.79 Å². The van der Waals surface area contributed by atoms with Crippen LogP contribution in [0.15, 0.2) is 36.4 Å². The van der Waals surface area contributed by atoms with Gasteiger partial charge in [0.05, 0.1) is 18.0 Å². The fourth-order valence-electron chi connectivity index (χ4n) is 2.79. The highest BCUT2D eigenvalue weighted by Crippen LogP contribution is 2.34. The molecule has 1 unspecified atom stereocenters. The monoisotopic (exact) mass is 426 g/mol. The number of carbonyl (C=O) groups excluding carboxylic acids is 2. The standard InChI is InChI=1S/C20H25F3N4O3/c1-4-6-12-17(28)25-19(20(21,22)23,18(29)30-5-2)24-16-13-14(3)26-27(16)15-10-8-7-9-11-15/h7-11,13,24H,4-6,12H2,1-3H3,(H,25,28). The zero-order chi connectivity index (χ0) is 22.4. The molecule has 0 bridgehead atoms. The Balaban J connectivity index is 2.55. The van der Waals surface area contributed by atoms with E-state index in [1.54, 1.807) is 44.2 Å². The van der Waals surface area contributed by atoms with Crippen LogP contribution in [0, 0.1) is 6.92 Å². The number of aryl methyl sites for hydroxylation is 1. The molecule has 2 N–H and O–H groups in total. The van der Waals surface area contributed by atoms with Crippen LogP contribution in [0.3, 0.4) is 0 Å². The second kappa shape index (κ2) is 9.64. The van der Waals surface area contributed by atoms with Crippen LogP contribution >= 0.6 is 0 Å². The van der Waals surface area contributed by atoms with Crippen molar-refractivity contribution in [3.8, 4) is 5.69 Å². The Kier molecular flexibility index (Phi) is 7.47. The molecular weight excluding hydrogens is 401 g/mol. The first kappa shape index (κ1) is 23.2. The van der Waals surface area contributed by atoms with Crippen molar-refractivity contribution in [3.05, 3.63) is 42.1 Å². The third-order valence-corrected chi connectivity index (χ3v) is 4.24. The number of halogens is 3. The summed E-state index contributed by atoms with van der Waals surface area (Å²) in [6.45, 7) is 4.50. The molecule has 10 heteroatoms. The molecule has 0 saturated heterocycles. The first-order valence-electron chi connectivity index (χ1n) is 9.59. The van der Waals surface area contributed by atoms with Gasteiger partial charge in [-0.15, -0.1) is 0 Å². The summed E-state index contributed by atoms with van der Waals surface area (Å²) in [5, 5.41) is 8.22. The molecule has 0 fully saturated rings. The van der Waals surface area contributed by atoms with E-state index < -0.39 is 23.7 Å². The predicted octanol–water partition coefficient (Wildman–Crippen LogP) is 3.72. The molecule has 1 atom stereocenters. The van der Waals surface area contributed by atoms with Crippen molar-refractivity contribution in [1.29, 1.82) is 0 Å². The molecule has 164 valence electrons. The third kappa shape index (κ3) is 5.11. The summed E-state index contributed by atoms with van der Waals surface area (Å²) in [5.41, 5.74) is -2.57. The van der Waals surface area contributed by atoms with Gasteiger partial charge in [0.1, 0.15) is 5.82 Å². The van der Waals surface area contributed by atoms with Crippen LogP contribution in [-0.2, 0) is 14.3 Å². The van der Waals surface area contributed by atoms with Crippen molar-refractivity contribution >= 4 is 17.7 Å². The van der Waals surface area contributed by atoms with Crippen LogP contribution in [-0.4, -0.2) is 40.1 Å². The van der Waals surface area contributed by atoms with E-state index in [0.29, 0.717) is 24.2 Å². The van der Waals surface area contributed by atoms with E-state index in [1.165, 1.54) is 17.7 Å². The number of esters is 1. The van der Waals surface area contributed by atoms with Crippen LogP contribution in [0.4, 0.5) is 19.0 Å². The van der Waals surface area contributed by atoms with E-state index in [2.05, 4.69) is 10.4 Å². The lowest BCUT2D eigenvalue weighted by atomic mass is 10.1. The zero-order valence-electron chi connectivity index (χ0n) is 17.0. The summed E-state index contributed by atoms with van der Waals surface area (Å²) < 4.78 is 48.7. The number of nitrogens with zero attached hydrogens (tertiary/aromatic N) is 2. The highest BCUT2D eigenvalue weighted by molar-refractivity contribution is 5.91. The van der Waals surface area contributed by atoms with Gasteiger partial charge >= 0.3 is 17.8 Å². The average molecular weight is 426 g/mol. The van der Waals surface area contributed by atoms with Gasteiger partial charge in [-0.2, -0.15) is 18.3 Å². The Labute approximate surface area is 172 Å². The normalized spacial score (nSPS) is 13.4. The summed E-state index contributed by atoms with van der Waals surface area (Å²) >= 11 is 0. The molecule has 0 aliphatic rings. The van der Waals surface area contributed by atoms with Gasteiger partial charge in [0, 0.05) is 12.5 Å². The maximum absolute atomic E-state index is 14.3. The third-order valence-electron chi connectivity index (χ3n) is 4.24. The first-order chi connectivity index (χ1) is 14.1. The maximum Gasteiger partial charge on any atom is 0.441 e. The lowest BCUT2D eigenvalue weighted by Gasteiger charge is -2.35. The molecule has 1 aromatic heterocycles. The number of amides is 1. The quantitative estimate of drug-likeness (QED) is 0.472. The lowest BCUT2D eigenvalue weighted by molar-refractivity contribution is -0.208. The molecule has 2 aromatic rings. The Hall–Kier alpha value is -3.04. The molecular formula is C20H25F3N4O3. The number of para-hydroxylation sites is 1. The average Bonchev–Trinajstić information content (AvgIpc) is 3.05. The molecule has 0 spiro atoms. The number of hydrogen-bond acceptors (Lipinski definition) is 5. The van der Waals surface area contributed by atoms with Gasteiger partial charge in [-0.1, -0.05) is 31.5 Å². The summed E-state index contributed by atoms with van der Waals surface area (Å²) in [4.78, 5) is 24.8. The molecule has 0 saturated carbocycles. The number of aromatic nitrogens is 2. The smallest absolute Gasteiger partial charge is 0.441 e. The van der Waals surface area contributed by atoms with Gasteiger partial charge in [-0.25, -0.2) is 9.48 Å². The van der Waals surface area contributed by atoms with Crippen molar-refractivity contribution < 1.29 is 27.5 Å². The fourth-order valence-corrected chi connectivity index (χ4v) is 2.79. The van der Waals surface area contributed by atoms with E-state index in [0.717, 1.165) is 0 Å². The molecule has 0 aliphatic carbocycles. The molecule has 1 heterocycles. The molecule has 1 amide bonds. The van der Waals surface area contributed by atoms with E-state index in [9.17, 15) is 22.8 Å². The molecule has 7 nitrogen and oxygen atoms in total. The Morgan fingerprint density at radius 2 is 1.83 bits per heavy atom. The first-order valence-corrected chi connectivity index (χ1v) is 9.59. The van der Waals surface area contributed by atoms with Crippen LogP contribution in [0.5, 0.6) is 0 Å². The number of nitrogens with one attached hydrogen (secondary N) is 2. The van der Waals surface area contributed by atoms with Crippen LogP contribution in [0.1, 0.15) is 38.8 Å². The Morgan fingerprint density at radius 1 is 1.17 bits per heavy atom. The summed E-state index contributed by atoms with van der Waals surface area (Å²) in [7, 11) is 0. The summed E-state index contributed by atoms with van der Waals surface area (Å²) in [6.07, 6.45) is -4.36. The number of rotatable bonds is 9. The topological polar surface area (TPSA) is 85.3 Å². The second-order valence-corrected chi connectivity index (χ2v) is 6.66. The van der Waals surface area contributed by atoms with E-state index in [4.69, 9.17) is 4.74 Å². The van der Waals surface area contributed by atoms with Crippen molar-refractivity contribution in [3.63, 3.8) is 0 Å². The van der Waals surface area contributed by atoms with Gasteiger partial charge in [0.25, 0.3) is 0 Å². The van der Waals surface area contributed by atoms with Gasteiger partial charge in [-0.05, 0) is 32.4 Å². The van der Waals surface area contributed by atoms with Crippen molar-refractivity contribution in [2.45, 2.75) is 51.9 Å². The number of anilines is 1. The Bertz CT molecular complexity index is 868. The molecule has 1 aromatic carbocycles. The number of alkyl halides is 3. The summed E-state index contributed by atoms with van der Waals surface area (Å²) in [5.74, 6) is -2.70. The van der Waals surface area contributed by atoms with E-state index in [-0.39, 0.29) is 18.8 Å². The number of ether oxygens (including phenoxy) is 1. The molecule has 0 radical (unpaired) electrons. The summed E-state index contributed by atoms with van der Waals surface area (Å²) in [6, 6.07) is 9.80. The van der Waals surface area contributed by atoms with Crippen molar-refractivity contribution in [2.75, 3.05) is 11.9 Å². The largest absolute Gasteiger partial charge is 0.463 e. The van der Waals surface area contributed by atoms with Crippen LogP contribution in [0.25, 0.3) is 5.69 Å². The minimum absolute atomic E-state index is 0.125. The van der Waals surface area contributed by atoms with Gasteiger partial charge < -0.3 is 15.4 Å². The van der Waals surface area contributed by atoms with Gasteiger partial charge in [0.15, 0.2) is 0 Å². The van der Waals surface area contributed by atoms with Crippen molar-refractivity contribution in [2.24, 2.45) is 0 Å². The number of carbonyl (C=O) groups is 2. The van der Waals surface area contributed by atoms with E-state index >= 15 is 0 Å². The molecule has 0 aliphatic heterocycles. The number of unbranched alkanes of at least 4 members (excludes halogenated alkanes) is 1. The van der Waals surface area contributed by atoms with E-state index in [1.807, 2.05) is 5.32 Å². The van der Waals surface area contributed by atoms with Crippen molar-refractivity contribution in [1.82, 2.24) is 15.1 Å². The highest BCUT2D eigenvalue weighted by Gasteiger charge is 2.64. The SMILES string of the molecule is CCCCC(=O)NC(Nc1cc(C)nn1-c1ccccc1)(C(=O)OCC)C(F)(F)F.